The van der Waals surface area contributed by atoms with Crippen LogP contribution in [-0.2, 0) is 9.53 Å². The Labute approximate surface area is 160 Å². The Hall–Kier alpha value is -3.68. The second kappa shape index (κ2) is 7.91. The third-order valence-electron chi connectivity index (χ3n) is 4.36. The van der Waals surface area contributed by atoms with Crippen LogP contribution in [0.5, 0.6) is 5.75 Å². The van der Waals surface area contributed by atoms with E-state index in [1.165, 1.54) is 25.3 Å². The maximum absolute atomic E-state index is 12.3. The molecule has 0 saturated carbocycles. The lowest BCUT2D eigenvalue weighted by molar-refractivity contribution is -0.116. The number of phenolic OH excluding ortho intramolecular Hbond substituents is 1. The Morgan fingerprint density at radius 2 is 1.71 bits per heavy atom. The van der Waals surface area contributed by atoms with Gasteiger partial charge < -0.3 is 15.2 Å². The Balaban J connectivity index is 1.54. The van der Waals surface area contributed by atoms with Gasteiger partial charge in [-0.2, -0.15) is 0 Å². The van der Waals surface area contributed by atoms with Crippen LogP contribution >= 0.6 is 0 Å². The average Bonchev–Trinajstić information content (AvgIpc) is 2.94. The lowest BCUT2D eigenvalue weighted by atomic mass is 10.1. The zero-order valence-corrected chi connectivity index (χ0v) is 15.1. The van der Waals surface area contributed by atoms with Gasteiger partial charge in [-0.3, -0.25) is 19.3 Å². The standard InChI is InChI=1S/C20H18N2O6/c1-28-20(27)12-8-9-15(16(23)11-12)21-17(24)7-4-10-22-18(25)13-5-2-3-6-14(13)19(22)26/h2-3,5-6,8-9,11,23H,4,7,10H2,1H3,(H,21,24). The van der Waals surface area contributed by atoms with Crippen molar-refractivity contribution in [2.24, 2.45) is 0 Å². The first kappa shape index (κ1) is 19.1. The minimum Gasteiger partial charge on any atom is -0.506 e. The molecule has 1 aliphatic rings. The summed E-state index contributed by atoms with van der Waals surface area (Å²) < 4.78 is 4.56. The predicted molar refractivity (Wildman–Crippen MR) is 99.1 cm³/mol. The number of aromatic hydroxyl groups is 1. The summed E-state index contributed by atoms with van der Waals surface area (Å²) in [7, 11) is 1.23. The fraction of sp³-hybridized carbons (Fsp3) is 0.200. The lowest BCUT2D eigenvalue weighted by Crippen LogP contribution is -2.31. The molecule has 0 atom stereocenters. The Bertz CT molecular complexity index is 934. The predicted octanol–water partition coefficient (Wildman–Crippen LogP) is 2.19. The van der Waals surface area contributed by atoms with Gasteiger partial charge in [-0.25, -0.2) is 4.79 Å². The van der Waals surface area contributed by atoms with Gasteiger partial charge in [0.2, 0.25) is 5.91 Å². The first-order chi connectivity index (χ1) is 13.4. The number of nitrogens with zero attached hydrogens (tertiary/aromatic N) is 1. The summed E-state index contributed by atoms with van der Waals surface area (Å²) in [6.45, 7) is 0.118. The van der Waals surface area contributed by atoms with Crippen LogP contribution in [0.1, 0.15) is 43.9 Å². The Morgan fingerprint density at radius 3 is 2.29 bits per heavy atom. The molecule has 2 N–H and O–H groups in total. The molecule has 0 radical (unpaired) electrons. The fourth-order valence-electron chi connectivity index (χ4n) is 2.93. The number of imide groups is 1. The molecule has 28 heavy (non-hydrogen) atoms. The van der Waals surface area contributed by atoms with E-state index in [4.69, 9.17) is 0 Å². The number of esters is 1. The SMILES string of the molecule is COC(=O)c1ccc(NC(=O)CCCN2C(=O)c3ccccc3C2=O)c(O)c1. The zero-order valence-electron chi connectivity index (χ0n) is 15.1. The van der Waals surface area contributed by atoms with Gasteiger partial charge in [0.05, 0.1) is 29.5 Å². The van der Waals surface area contributed by atoms with Crippen LogP contribution in [0.4, 0.5) is 5.69 Å². The second-order valence-corrected chi connectivity index (χ2v) is 6.18. The number of anilines is 1. The van der Waals surface area contributed by atoms with Gasteiger partial charge in [-0.05, 0) is 36.8 Å². The van der Waals surface area contributed by atoms with Gasteiger partial charge >= 0.3 is 5.97 Å². The topological polar surface area (TPSA) is 113 Å². The van der Waals surface area contributed by atoms with Crippen LogP contribution in [0.3, 0.4) is 0 Å². The van der Waals surface area contributed by atoms with Gasteiger partial charge in [0, 0.05) is 13.0 Å². The number of hydrogen-bond acceptors (Lipinski definition) is 6. The number of ether oxygens (including phenoxy) is 1. The van der Waals surface area contributed by atoms with Crippen LogP contribution < -0.4 is 5.32 Å². The summed E-state index contributed by atoms with van der Waals surface area (Å²) in [5.74, 6) is -1.99. The number of benzene rings is 2. The monoisotopic (exact) mass is 382 g/mol. The third-order valence-corrected chi connectivity index (χ3v) is 4.36. The molecule has 8 nitrogen and oxygen atoms in total. The quantitative estimate of drug-likeness (QED) is 0.450. The Morgan fingerprint density at radius 1 is 1.07 bits per heavy atom. The number of amides is 3. The van der Waals surface area contributed by atoms with Gasteiger partial charge in [0.25, 0.3) is 11.8 Å². The van der Waals surface area contributed by atoms with Crippen LogP contribution in [0.15, 0.2) is 42.5 Å². The second-order valence-electron chi connectivity index (χ2n) is 6.18. The highest BCUT2D eigenvalue weighted by Gasteiger charge is 2.34. The maximum Gasteiger partial charge on any atom is 0.337 e. The van der Waals surface area contributed by atoms with Crippen LogP contribution in [-0.4, -0.2) is 47.4 Å². The highest BCUT2D eigenvalue weighted by atomic mass is 16.5. The van der Waals surface area contributed by atoms with Crippen molar-refractivity contribution in [1.29, 1.82) is 0 Å². The highest BCUT2D eigenvalue weighted by molar-refractivity contribution is 6.21. The number of carbonyl (C=O) groups excluding carboxylic acids is 4. The maximum atomic E-state index is 12.3. The average molecular weight is 382 g/mol. The zero-order chi connectivity index (χ0) is 20.3. The molecule has 0 saturated heterocycles. The van der Waals surface area contributed by atoms with Gasteiger partial charge in [0.1, 0.15) is 5.75 Å². The van der Waals surface area contributed by atoms with Crippen LogP contribution in [0.25, 0.3) is 0 Å². The van der Waals surface area contributed by atoms with E-state index in [0.717, 1.165) is 4.90 Å². The minimum atomic E-state index is -0.603. The largest absolute Gasteiger partial charge is 0.506 e. The van der Waals surface area contributed by atoms with Crippen molar-refractivity contribution in [2.45, 2.75) is 12.8 Å². The number of nitrogens with one attached hydrogen (secondary N) is 1. The summed E-state index contributed by atoms with van der Waals surface area (Å²) in [4.78, 5) is 49.2. The van der Waals surface area contributed by atoms with E-state index in [1.54, 1.807) is 24.3 Å². The fourth-order valence-corrected chi connectivity index (χ4v) is 2.93. The first-order valence-electron chi connectivity index (χ1n) is 8.58. The molecule has 3 rings (SSSR count). The molecule has 3 amide bonds. The molecule has 1 heterocycles. The van der Waals surface area contributed by atoms with Gasteiger partial charge in [-0.1, -0.05) is 12.1 Å². The molecule has 0 spiro atoms. The smallest absolute Gasteiger partial charge is 0.337 e. The molecule has 0 unspecified atom stereocenters. The molecule has 0 bridgehead atoms. The molecule has 8 heteroatoms. The van der Waals surface area contributed by atoms with Crippen molar-refractivity contribution in [3.63, 3.8) is 0 Å². The van der Waals surface area contributed by atoms with Crippen LogP contribution in [0, 0.1) is 0 Å². The number of fused-ring (bicyclic) bond motifs is 1. The minimum absolute atomic E-state index is 0.0472. The molecule has 0 aliphatic carbocycles. The molecule has 0 aromatic heterocycles. The summed E-state index contributed by atoms with van der Waals surface area (Å²) in [5, 5.41) is 12.5. The number of rotatable bonds is 6. The molecule has 1 aliphatic heterocycles. The number of hydrogen-bond donors (Lipinski definition) is 2. The van der Waals surface area contributed by atoms with Gasteiger partial charge in [0.15, 0.2) is 0 Å². The van der Waals surface area contributed by atoms with Crippen molar-refractivity contribution >= 4 is 29.4 Å². The summed E-state index contributed by atoms with van der Waals surface area (Å²) in [6, 6.07) is 10.6. The third kappa shape index (κ3) is 3.71. The van der Waals surface area contributed by atoms with E-state index in [2.05, 4.69) is 10.1 Å². The van der Waals surface area contributed by atoms with Crippen molar-refractivity contribution in [1.82, 2.24) is 4.90 Å². The molecular formula is C20H18N2O6. The molecule has 2 aromatic carbocycles. The van der Waals surface area contributed by atoms with Gasteiger partial charge in [-0.15, -0.1) is 0 Å². The number of methoxy groups -OCH3 is 1. The van der Waals surface area contributed by atoms with Crippen molar-refractivity contribution in [3.05, 3.63) is 59.2 Å². The van der Waals surface area contributed by atoms with E-state index >= 15 is 0 Å². The summed E-state index contributed by atoms with van der Waals surface area (Å²) >= 11 is 0. The Kier molecular flexibility index (Phi) is 5.39. The summed E-state index contributed by atoms with van der Waals surface area (Å²) in [5.41, 5.74) is 1.04. The van der Waals surface area contributed by atoms with E-state index in [1.807, 2.05) is 0 Å². The van der Waals surface area contributed by atoms with Crippen molar-refractivity contribution in [3.8, 4) is 5.75 Å². The molecular weight excluding hydrogens is 364 g/mol. The highest BCUT2D eigenvalue weighted by Crippen LogP contribution is 2.25. The summed E-state index contributed by atoms with van der Waals surface area (Å²) in [6.07, 6.45) is 0.323. The molecule has 2 aromatic rings. The molecule has 144 valence electrons. The van der Waals surface area contributed by atoms with Crippen molar-refractivity contribution < 1.29 is 29.0 Å². The van der Waals surface area contributed by atoms with Crippen molar-refractivity contribution in [2.75, 3.05) is 19.0 Å². The van der Waals surface area contributed by atoms with Crippen LogP contribution in [0.2, 0.25) is 0 Å². The number of carbonyl (C=O) groups is 4. The molecule has 0 fully saturated rings. The van der Waals surface area contributed by atoms with E-state index in [0.29, 0.717) is 11.1 Å². The van der Waals surface area contributed by atoms with E-state index in [9.17, 15) is 24.3 Å². The van der Waals surface area contributed by atoms with E-state index < -0.39 is 11.9 Å². The first-order valence-corrected chi connectivity index (χ1v) is 8.58. The number of phenols is 1. The lowest BCUT2D eigenvalue weighted by Gasteiger charge is -2.13. The normalized spacial score (nSPS) is 12.7. The van der Waals surface area contributed by atoms with E-state index in [-0.39, 0.29) is 48.2 Å².